The van der Waals surface area contributed by atoms with Crippen LogP contribution in [-0.2, 0) is 4.74 Å². The molecule has 0 N–H and O–H groups in total. The summed E-state index contributed by atoms with van der Waals surface area (Å²) in [6.07, 6.45) is 0.477. The number of likely N-dealkylation sites (tertiary alicyclic amines) is 1. The summed E-state index contributed by atoms with van der Waals surface area (Å²) in [7, 11) is 0. The number of carbonyl (C=O) groups excluding carboxylic acids is 1. The Labute approximate surface area is 71.7 Å². The lowest BCUT2D eigenvalue weighted by Crippen LogP contribution is -2.29. The summed E-state index contributed by atoms with van der Waals surface area (Å²) in [4.78, 5) is 12.7. The van der Waals surface area contributed by atoms with E-state index in [4.69, 9.17) is 10.00 Å². The third-order valence-corrected chi connectivity index (χ3v) is 1.90. The first-order valence-corrected chi connectivity index (χ1v) is 4.09. The van der Waals surface area contributed by atoms with E-state index in [-0.39, 0.29) is 12.0 Å². The van der Waals surface area contributed by atoms with Crippen molar-refractivity contribution in [3.63, 3.8) is 0 Å². The lowest BCUT2D eigenvalue weighted by atomic mass is 10.1. The Morgan fingerprint density at radius 1 is 1.83 bits per heavy atom. The van der Waals surface area contributed by atoms with Crippen molar-refractivity contribution in [1.82, 2.24) is 4.90 Å². The smallest absolute Gasteiger partial charge is 0.409 e. The second-order valence-corrected chi connectivity index (χ2v) is 2.76. The highest BCUT2D eigenvalue weighted by Crippen LogP contribution is 2.15. The van der Waals surface area contributed by atoms with Crippen LogP contribution in [0.3, 0.4) is 0 Å². The maximum Gasteiger partial charge on any atom is 0.409 e. The number of nitriles is 1. The zero-order valence-electron chi connectivity index (χ0n) is 7.12. The van der Waals surface area contributed by atoms with Crippen LogP contribution < -0.4 is 0 Å². The number of hydrogen-bond acceptors (Lipinski definition) is 3. The molecule has 0 saturated carbocycles. The maximum atomic E-state index is 11.1. The van der Waals surface area contributed by atoms with Gasteiger partial charge < -0.3 is 9.64 Å². The van der Waals surface area contributed by atoms with Gasteiger partial charge in [-0.1, -0.05) is 0 Å². The van der Waals surface area contributed by atoms with Crippen LogP contribution in [0.15, 0.2) is 0 Å². The minimum Gasteiger partial charge on any atom is -0.450 e. The van der Waals surface area contributed by atoms with Crippen LogP contribution >= 0.6 is 0 Å². The Bertz CT molecular complexity index is 210. The molecule has 1 amide bonds. The topological polar surface area (TPSA) is 53.3 Å². The van der Waals surface area contributed by atoms with Crippen LogP contribution in [0, 0.1) is 17.2 Å². The first kappa shape index (κ1) is 8.85. The van der Waals surface area contributed by atoms with Gasteiger partial charge in [-0.2, -0.15) is 5.26 Å². The van der Waals surface area contributed by atoms with E-state index in [1.165, 1.54) is 0 Å². The monoisotopic (exact) mass is 168 g/mol. The highest BCUT2D eigenvalue weighted by Gasteiger charge is 2.26. The highest BCUT2D eigenvalue weighted by molar-refractivity contribution is 5.67. The van der Waals surface area contributed by atoms with Crippen LogP contribution in [0.2, 0.25) is 0 Å². The Hall–Kier alpha value is -1.24. The van der Waals surface area contributed by atoms with Crippen molar-refractivity contribution in [2.45, 2.75) is 13.3 Å². The average molecular weight is 168 g/mol. The standard InChI is InChI=1S/C8H12N2O2/c1-2-12-8(11)10-4-3-7(5-9)6-10/h7H,2-4,6H2,1H3. The van der Waals surface area contributed by atoms with E-state index in [0.29, 0.717) is 19.7 Å². The van der Waals surface area contributed by atoms with Gasteiger partial charge in [-0.3, -0.25) is 0 Å². The predicted molar refractivity (Wildman–Crippen MR) is 42.3 cm³/mol. The normalized spacial score (nSPS) is 22.0. The van der Waals surface area contributed by atoms with Crippen molar-refractivity contribution in [2.24, 2.45) is 5.92 Å². The number of ether oxygens (including phenoxy) is 1. The number of hydrogen-bond donors (Lipinski definition) is 0. The van der Waals surface area contributed by atoms with Crippen molar-refractivity contribution >= 4 is 6.09 Å². The summed E-state index contributed by atoms with van der Waals surface area (Å²) < 4.78 is 4.80. The largest absolute Gasteiger partial charge is 0.450 e. The highest BCUT2D eigenvalue weighted by atomic mass is 16.6. The van der Waals surface area contributed by atoms with E-state index in [9.17, 15) is 4.79 Å². The van der Waals surface area contributed by atoms with Crippen molar-refractivity contribution in [3.8, 4) is 6.07 Å². The van der Waals surface area contributed by atoms with E-state index in [2.05, 4.69) is 6.07 Å². The number of rotatable bonds is 1. The number of carbonyl (C=O) groups is 1. The predicted octanol–water partition coefficient (Wildman–Crippen LogP) is 0.988. The van der Waals surface area contributed by atoms with Gasteiger partial charge in [0.1, 0.15) is 0 Å². The fourth-order valence-electron chi connectivity index (χ4n) is 1.25. The molecular weight excluding hydrogens is 156 g/mol. The minimum atomic E-state index is -0.296. The van der Waals surface area contributed by atoms with E-state index in [0.717, 1.165) is 6.42 Å². The molecule has 1 saturated heterocycles. The van der Waals surface area contributed by atoms with Gasteiger partial charge in [0, 0.05) is 13.1 Å². The second-order valence-electron chi connectivity index (χ2n) is 2.76. The average Bonchev–Trinajstić information content (AvgIpc) is 2.52. The van der Waals surface area contributed by atoms with E-state index in [1.807, 2.05) is 0 Å². The molecule has 1 fully saturated rings. The van der Waals surface area contributed by atoms with Crippen LogP contribution in [0.4, 0.5) is 4.79 Å². The molecule has 0 spiro atoms. The van der Waals surface area contributed by atoms with E-state index >= 15 is 0 Å². The Morgan fingerprint density at radius 3 is 3.08 bits per heavy atom. The molecule has 1 rings (SSSR count). The summed E-state index contributed by atoms with van der Waals surface area (Å²) in [6.45, 7) is 3.34. The molecule has 1 aliphatic heterocycles. The quantitative estimate of drug-likeness (QED) is 0.586. The molecule has 0 aromatic heterocycles. The molecule has 1 aliphatic rings. The van der Waals surface area contributed by atoms with Gasteiger partial charge in [0.15, 0.2) is 0 Å². The van der Waals surface area contributed by atoms with Crippen LogP contribution in [0.1, 0.15) is 13.3 Å². The Balaban J connectivity index is 2.37. The van der Waals surface area contributed by atoms with Crippen LogP contribution in [-0.4, -0.2) is 30.7 Å². The SMILES string of the molecule is CCOC(=O)N1CCC(C#N)C1. The van der Waals surface area contributed by atoms with Gasteiger partial charge in [0.05, 0.1) is 18.6 Å². The molecule has 1 atom stereocenters. The Kier molecular flexibility index (Phi) is 2.92. The third-order valence-electron chi connectivity index (χ3n) is 1.90. The van der Waals surface area contributed by atoms with Gasteiger partial charge >= 0.3 is 6.09 Å². The summed E-state index contributed by atoms with van der Waals surface area (Å²) in [5.41, 5.74) is 0. The first-order valence-electron chi connectivity index (χ1n) is 4.09. The van der Waals surface area contributed by atoms with Crippen molar-refractivity contribution < 1.29 is 9.53 Å². The molecule has 1 unspecified atom stereocenters. The maximum absolute atomic E-state index is 11.1. The van der Waals surface area contributed by atoms with Gasteiger partial charge in [0.25, 0.3) is 0 Å². The molecular formula is C8H12N2O2. The lowest BCUT2D eigenvalue weighted by Gasteiger charge is -2.13. The molecule has 66 valence electrons. The van der Waals surface area contributed by atoms with Crippen molar-refractivity contribution in [2.75, 3.05) is 19.7 Å². The molecule has 0 aromatic carbocycles. The molecule has 4 nitrogen and oxygen atoms in total. The van der Waals surface area contributed by atoms with E-state index in [1.54, 1.807) is 11.8 Å². The fraction of sp³-hybridized carbons (Fsp3) is 0.750. The summed E-state index contributed by atoms with van der Waals surface area (Å²) in [5.74, 6) is -0.00518. The fourth-order valence-corrected chi connectivity index (χ4v) is 1.25. The summed E-state index contributed by atoms with van der Waals surface area (Å²) >= 11 is 0. The molecule has 0 aromatic rings. The number of amides is 1. The molecule has 12 heavy (non-hydrogen) atoms. The molecule has 4 heteroatoms. The molecule has 0 radical (unpaired) electrons. The third kappa shape index (κ3) is 1.88. The summed E-state index contributed by atoms with van der Waals surface area (Å²) in [5, 5.41) is 8.57. The molecule has 1 heterocycles. The van der Waals surface area contributed by atoms with Gasteiger partial charge in [-0.25, -0.2) is 4.79 Å². The van der Waals surface area contributed by atoms with Crippen molar-refractivity contribution in [3.05, 3.63) is 0 Å². The minimum absolute atomic E-state index is 0.00518. The summed E-state index contributed by atoms with van der Waals surface area (Å²) in [6, 6.07) is 2.14. The van der Waals surface area contributed by atoms with E-state index < -0.39 is 0 Å². The zero-order valence-corrected chi connectivity index (χ0v) is 7.12. The lowest BCUT2D eigenvalue weighted by molar-refractivity contribution is 0.115. The molecule has 0 aliphatic carbocycles. The number of nitrogens with zero attached hydrogens (tertiary/aromatic N) is 2. The van der Waals surface area contributed by atoms with Crippen LogP contribution in [0.25, 0.3) is 0 Å². The first-order chi connectivity index (χ1) is 5.77. The van der Waals surface area contributed by atoms with Gasteiger partial charge in [-0.05, 0) is 13.3 Å². The van der Waals surface area contributed by atoms with Crippen LogP contribution in [0.5, 0.6) is 0 Å². The molecule has 0 bridgehead atoms. The van der Waals surface area contributed by atoms with Gasteiger partial charge in [-0.15, -0.1) is 0 Å². The van der Waals surface area contributed by atoms with Crippen molar-refractivity contribution in [1.29, 1.82) is 5.26 Å². The second kappa shape index (κ2) is 3.96. The Morgan fingerprint density at radius 2 is 2.58 bits per heavy atom. The zero-order chi connectivity index (χ0) is 8.97. The van der Waals surface area contributed by atoms with Gasteiger partial charge in [0.2, 0.25) is 0 Å².